The van der Waals surface area contributed by atoms with Crippen LogP contribution in [0.1, 0.15) is 11.4 Å². The van der Waals surface area contributed by atoms with Gasteiger partial charge in [-0.05, 0) is 24.3 Å². The van der Waals surface area contributed by atoms with Crippen LogP contribution in [0.4, 0.5) is 0 Å². The Labute approximate surface area is 229 Å². The van der Waals surface area contributed by atoms with Crippen LogP contribution in [0.25, 0.3) is 43.6 Å². The number of benzene rings is 4. The van der Waals surface area contributed by atoms with E-state index in [1.54, 1.807) is 0 Å². The SMILES string of the molecule is c1ccc2c(c1)c1ccccc1n2Cc1cn(CCn2cc(Cn3c4ccccc4c4ccccc43)nn2)nn1. The molecule has 40 heavy (non-hydrogen) atoms. The third-order valence-electron chi connectivity index (χ3n) is 7.73. The van der Waals surface area contributed by atoms with Crippen LogP contribution >= 0.6 is 0 Å². The van der Waals surface area contributed by atoms with Gasteiger partial charge in [0.05, 0.1) is 38.6 Å². The van der Waals surface area contributed by atoms with Gasteiger partial charge in [0.15, 0.2) is 0 Å². The summed E-state index contributed by atoms with van der Waals surface area (Å²) in [5.74, 6) is 0. The molecule has 8 heteroatoms. The molecule has 194 valence electrons. The molecule has 0 fully saturated rings. The van der Waals surface area contributed by atoms with Gasteiger partial charge in [0.25, 0.3) is 0 Å². The van der Waals surface area contributed by atoms with Gasteiger partial charge < -0.3 is 9.13 Å². The molecule has 0 unspecified atom stereocenters. The zero-order chi connectivity index (χ0) is 26.5. The second-order valence-electron chi connectivity index (χ2n) is 10.2. The van der Waals surface area contributed by atoms with Gasteiger partial charge in [-0.3, -0.25) is 9.36 Å². The second kappa shape index (κ2) is 9.20. The van der Waals surface area contributed by atoms with Crippen LogP contribution < -0.4 is 0 Å². The average molecular weight is 523 g/mol. The van der Waals surface area contributed by atoms with E-state index in [2.05, 4.69) is 127 Å². The maximum atomic E-state index is 4.47. The van der Waals surface area contributed by atoms with Gasteiger partial charge in [-0.15, -0.1) is 10.2 Å². The van der Waals surface area contributed by atoms with E-state index in [1.165, 1.54) is 43.6 Å². The first-order chi connectivity index (χ1) is 19.8. The first-order valence-corrected chi connectivity index (χ1v) is 13.5. The first kappa shape index (κ1) is 22.7. The molecule has 0 spiro atoms. The standard InChI is InChI=1S/C32H26N8/c1-5-13-29-25(9-1)26-10-2-6-14-30(26)39(29)21-23-19-37(35-33-23)17-18-38-20-24(34-36-38)22-40-31-15-7-3-11-27(31)28-12-4-8-16-32(28)40/h1-16,19-20H,17-18,21-22H2. The van der Waals surface area contributed by atoms with Crippen LogP contribution in [-0.2, 0) is 26.2 Å². The maximum Gasteiger partial charge on any atom is 0.102 e. The minimum atomic E-state index is 0.665. The van der Waals surface area contributed by atoms with Crippen molar-refractivity contribution in [1.29, 1.82) is 0 Å². The van der Waals surface area contributed by atoms with Gasteiger partial charge >= 0.3 is 0 Å². The molecule has 0 saturated heterocycles. The number of para-hydroxylation sites is 4. The predicted octanol–water partition coefficient (Wildman–Crippen LogP) is 5.88. The van der Waals surface area contributed by atoms with Crippen LogP contribution in [0.5, 0.6) is 0 Å². The number of aromatic nitrogens is 8. The Morgan fingerprint density at radius 3 is 1.10 bits per heavy atom. The van der Waals surface area contributed by atoms with E-state index >= 15 is 0 Å². The molecule has 8 rings (SSSR count). The highest BCUT2D eigenvalue weighted by molar-refractivity contribution is 6.08. The summed E-state index contributed by atoms with van der Waals surface area (Å²) < 4.78 is 8.41. The van der Waals surface area contributed by atoms with Gasteiger partial charge in [-0.2, -0.15) is 0 Å². The molecule has 0 N–H and O–H groups in total. The average Bonchev–Trinajstić information content (AvgIpc) is 3.78. The van der Waals surface area contributed by atoms with Crippen molar-refractivity contribution in [2.24, 2.45) is 0 Å². The molecule has 0 aliphatic carbocycles. The third-order valence-corrected chi connectivity index (χ3v) is 7.73. The van der Waals surface area contributed by atoms with Gasteiger partial charge in [-0.25, -0.2) is 0 Å². The van der Waals surface area contributed by atoms with Gasteiger partial charge in [0.2, 0.25) is 0 Å². The lowest BCUT2D eigenvalue weighted by molar-refractivity contribution is 0.480. The van der Waals surface area contributed by atoms with Crippen molar-refractivity contribution >= 4 is 43.6 Å². The lowest BCUT2D eigenvalue weighted by atomic mass is 10.2. The minimum absolute atomic E-state index is 0.665. The Bertz CT molecular complexity index is 1880. The minimum Gasteiger partial charge on any atom is -0.334 e. The number of nitrogens with zero attached hydrogens (tertiary/aromatic N) is 8. The van der Waals surface area contributed by atoms with Crippen molar-refractivity contribution in [1.82, 2.24) is 39.1 Å². The largest absolute Gasteiger partial charge is 0.334 e. The summed E-state index contributed by atoms with van der Waals surface area (Å²) in [6.45, 7) is 2.66. The summed E-state index contributed by atoms with van der Waals surface area (Å²) in [6.07, 6.45) is 4.05. The molecule has 0 aliphatic heterocycles. The first-order valence-electron chi connectivity index (χ1n) is 13.5. The molecule has 0 amide bonds. The topological polar surface area (TPSA) is 71.3 Å². The van der Waals surface area contributed by atoms with Crippen LogP contribution in [0.15, 0.2) is 109 Å². The fourth-order valence-electron chi connectivity index (χ4n) is 5.92. The summed E-state index contributed by atoms with van der Waals surface area (Å²) in [6, 6.07) is 34.1. The van der Waals surface area contributed by atoms with E-state index in [0.29, 0.717) is 26.2 Å². The monoisotopic (exact) mass is 522 g/mol. The highest BCUT2D eigenvalue weighted by Crippen LogP contribution is 2.30. The van der Waals surface area contributed by atoms with Gasteiger partial charge in [0, 0.05) is 43.6 Å². The second-order valence-corrected chi connectivity index (χ2v) is 10.2. The van der Waals surface area contributed by atoms with Crippen LogP contribution in [0.2, 0.25) is 0 Å². The van der Waals surface area contributed by atoms with E-state index < -0.39 is 0 Å². The highest BCUT2D eigenvalue weighted by Gasteiger charge is 2.13. The van der Waals surface area contributed by atoms with Crippen molar-refractivity contribution in [2.45, 2.75) is 26.2 Å². The molecule has 8 nitrogen and oxygen atoms in total. The van der Waals surface area contributed by atoms with Crippen molar-refractivity contribution in [3.8, 4) is 0 Å². The number of hydrogen-bond donors (Lipinski definition) is 0. The molecule has 0 aliphatic rings. The zero-order valence-electron chi connectivity index (χ0n) is 21.8. The lowest BCUT2D eigenvalue weighted by Crippen LogP contribution is -2.08. The fraction of sp³-hybridized carbons (Fsp3) is 0.125. The lowest BCUT2D eigenvalue weighted by Gasteiger charge is -2.05. The Kier molecular flexibility index (Phi) is 5.22. The van der Waals surface area contributed by atoms with E-state index in [0.717, 1.165) is 11.4 Å². The predicted molar refractivity (Wildman–Crippen MR) is 157 cm³/mol. The smallest absolute Gasteiger partial charge is 0.102 e. The summed E-state index contributed by atoms with van der Waals surface area (Å²) in [5, 5.41) is 22.8. The molecule has 8 aromatic rings. The zero-order valence-corrected chi connectivity index (χ0v) is 21.8. The van der Waals surface area contributed by atoms with E-state index in [-0.39, 0.29) is 0 Å². The quantitative estimate of drug-likeness (QED) is 0.262. The van der Waals surface area contributed by atoms with Crippen LogP contribution in [0.3, 0.4) is 0 Å². The molecule has 4 aromatic heterocycles. The summed E-state index contributed by atoms with van der Waals surface area (Å²) >= 11 is 0. The van der Waals surface area contributed by atoms with E-state index in [1.807, 2.05) is 21.8 Å². The van der Waals surface area contributed by atoms with Crippen molar-refractivity contribution in [3.05, 3.63) is 121 Å². The summed E-state index contributed by atoms with van der Waals surface area (Å²) in [4.78, 5) is 0. The molecular formula is C32H26N8. The Hall–Kier alpha value is -5.24. The van der Waals surface area contributed by atoms with Gasteiger partial charge in [0.1, 0.15) is 11.4 Å². The summed E-state index contributed by atoms with van der Waals surface area (Å²) in [5.41, 5.74) is 6.68. The molecule has 0 saturated carbocycles. The van der Waals surface area contributed by atoms with Crippen molar-refractivity contribution < 1.29 is 0 Å². The molecular weight excluding hydrogens is 496 g/mol. The normalized spacial score (nSPS) is 11.9. The fourth-order valence-corrected chi connectivity index (χ4v) is 5.92. The van der Waals surface area contributed by atoms with Crippen LogP contribution in [-0.4, -0.2) is 39.1 Å². The number of fused-ring (bicyclic) bond motifs is 6. The molecule has 4 heterocycles. The van der Waals surface area contributed by atoms with E-state index in [4.69, 9.17) is 0 Å². The number of aryl methyl sites for hydroxylation is 2. The summed E-state index contributed by atoms with van der Waals surface area (Å²) in [7, 11) is 0. The highest BCUT2D eigenvalue weighted by atomic mass is 15.5. The third kappa shape index (κ3) is 3.76. The van der Waals surface area contributed by atoms with E-state index in [9.17, 15) is 0 Å². The Morgan fingerprint density at radius 2 is 0.750 bits per heavy atom. The van der Waals surface area contributed by atoms with Crippen molar-refractivity contribution in [2.75, 3.05) is 0 Å². The Morgan fingerprint density at radius 1 is 0.425 bits per heavy atom. The maximum absolute atomic E-state index is 4.47. The van der Waals surface area contributed by atoms with Crippen molar-refractivity contribution in [3.63, 3.8) is 0 Å². The Balaban J connectivity index is 0.995. The van der Waals surface area contributed by atoms with Crippen LogP contribution in [0, 0.1) is 0 Å². The number of hydrogen-bond acceptors (Lipinski definition) is 4. The number of rotatable bonds is 7. The molecule has 4 aromatic carbocycles. The molecule has 0 atom stereocenters. The molecule has 0 radical (unpaired) electrons. The van der Waals surface area contributed by atoms with Gasteiger partial charge in [-0.1, -0.05) is 83.2 Å². The molecule has 0 bridgehead atoms.